The highest BCUT2D eigenvalue weighted by Crippen LogP contribution is 2.21. The topological polar surface area (TPSA) is 55.5 Å². The summed E-state index contributed by atoms with van der Waals surface area (Å²) in [5.74, 6) is 1.61. The second-order valence-electron chi connectivity index (χ2n) is 4.21. The maximum absolute atomic E-state index is 8.90. The molecule has 0 saturated carbocycles. The highest BCUT2D eigenvalue weighted by molar-refractivity contribution is 5.85. The molecule has 19 heavy (non-hydrogen) atoms. The Morgan fingerprint density at radius 2 is 1.53 bits per heavy atom. The van der Waals surface area contributed by atoms with Gasteiger partial charge in [0, 0.05) is 6.04 Å². The largest absolute Gasteiger partial charge is 0.457 e. The van der Waals surface area contributed by atoms with Crippen LogP contribution in [-0.2, 0) is 6.42 Å². The Morgan fingerprint density at radius 1 is 0.947 bits per heavy atom. The molecule has 0 bridgehead atoms. The van der Waals surface area contributed by atoms with Crippen LogP contribution in [0, 0.1) is 0 Å². The number of hydrogen-bond acceptors (Lipinski definition) is 3. The molecule has 0 aliphatic rings. The number of rotatable bonds is 5. The van der Waals surface area contributed by atoms with Crippen LogP contribution in [0.15, 0.2) is 54.6 Å². The van der Waals surface area contributed by atoms with Crippen LogP contribution in [0.3, 0.4) is 0 Å². The summed E-state index contributed by atoms with van der Waals surface area (Å²) < 4.78 is 5.68. The van der Waals surface area contributed by atoms with E-state index in [2.05, 4.69) is 0 Å². The van der Waals surface area contributed by atoms with Crippen molar-refractivity contribution in [2.24, 2.45) is 5.73 Å². The third-order valence-electron chi connectivity index (χ3n) is 2.63. The van der Waals surface area contributed by atoms with Crippen LogP contribution in [0.1, 0.15) is 5.56 Å². The molecule has 0 heterocycles. The number of para-hydroxylation sites is 1. The lowest BCUT2D eigenvalue weighted by atomic mass is 10.1. The second-order valence-corrected chi connectivity index (χ2v) is 4.21. The molecular formula is C15H18ClNO2. The molecule has 1 atom stereocenters. The lowest BCUT2D eigenvalue weighted by Gasteiger charge is -2.09. The number of benzene rings is 2. The van der Waals surface area contributed by atoms with Gasteiger partial charge in [-0.2, -0.15) is 0 Å². The zero-order valence-electron chi connectivity index (χ0n) is 10.5. The van der Waals surface area contributed by atoms with Gasteiger partial charge in [0.25, 0.3) is 0 Å². The molecule has 0 fully saturated rings. The summed E-state index contributed by atoms with van der Waals surface area (Å²) in [5, 5.41) is 8.90. The number of nitrogens with two attached hydrogens (primary N) is 1. The summed E-state index contributed by atoms with van der Waals surface area (Å²) in [6, 6.07) is 17.2. The molecule has 2 rings (SSSR count). The first-order valence-corrected chi connectivity index (χ1v) is 5.96. The van der Waals surface area contributed by atoms with Gasteiger partial charge in [-0.1, -0.05) is 30.3 Å². The van der Waals surface area contributed by atoms with E-state index in [0.717, 1.165) is 17.1 Å². The van der Waals surface area contributed by atoms with E-state index in [1.807, 2.05) is 54.6 Å². The van der Waals surface area contributed by atoms with Crippen molar-refractivity contribution in [3.8, 4) is 11.5 Å². The van der Waals surface area contributed by atoms with Gasteiger partial charge in [0.15, 0.2) is 0 Å². The smallest absolute Gasteiger partial charge is 0.127 e. The first-order valence-electron chi connectivity index (χ1n) is 5.96. The standard InChI is InChI=1S/C15H17NO2.ClH/c16-13(11-17)10-12-6-8-15(9-7-12)18-14-4-2-1-3-5-14;/h1-9,13,17H,10-11,16H2;1H. The van der Waals surface area contributed by atoms with Gasteiger partial charge in [0.2, 0.25) is 0 Å². The fourth-order valence-electron chi connectivity index (χ4n) is 1.69. The van der Waals surface area contributed by atoms with Crippen LogP contribution in [0.5, 0.6) is 11.5 Å². The molecule has 102 valence electrons. The first-order chi connectivity index (χ1) is 8.78. The van der Waals surface area contributed by atoms with Gasteiger partial charge in [-0.05, 0) is 36.2 Å². The molecular weight excluding hydrogens is 262 g/mol. The average molecular weight is 280 g/mol. The van der Waals surface area contributed by atoms with Crippen LogP contribution in [0.25, 0.3) is 0 Å². The monoisotopic (exact) mass is 279 g/mol. The van der Waals surface area contributed by atoms with Crippen molar-refractivity contribution in [1.82, 2.24) is 0 Å². The van der Waals surface area contributed by atoms with Crippen LogP contribution < -0.4 is 10.5 Å². The summed E-state index contributed by atoms with van der Waals surface area (Å²) in [5.41, 5.74) is 6.78. The Kier molecular flexibility index (Phi) is 6.36. The second kappa shape index (κ2) is 7.79. The minimum Gasteiger partial charge on any atom is -0.457 e. The highest BCUT2D eigenvalue weighted by atomic mass is 35.5. The molecule has 4 heteroatoms. The van der Waals surface area contributed by atoms with Crippen molar-refractivity contribution >= 4 is 12.4 Å². The predicted octanol–water partition coefficient (Wildman–Crippen LogP) is 2.76. The number of aliphatic hydroxyl groups is 1. The molecule has 0 aliphatic carbocycles. The van der Waals surface area contributed by atoms with Gasteiger partial charge in [0.1, 0.15) is 11.5 Å². The maximum Gasteiger partial charge on any atom is 0.127 e. The molecule has 0 aliphatic heterocycles. The van der Waals surface area contributed by atoms with E-state index in [4.69, 9.17) is 15.6 Å². The van der Waals surface area contributed by atoms with Crippen molar-refractivity contribution in [3.05, 3.63) is 60.2 Å². The Morgan fingerprint density at radius 3 is 2.11 bits per heavy atom. The fourth-order valence-corrected chi connectivity index (χ4v) is 1.69. The minimum atomic E-state index is -0.203. The zero-order chi connectivity index (χ0) is 12.8. The molecule has 3 N–H and O–H groups in total. The van der Waals surface area contributed by atoms with E-state index >= 15 is 0 Å². The van der Waals surface area contributed by atoms with Crippen LogP contribution in [-0.4, -0.2) is 17.8 Å². The van der Waals surface area contributed by atoms with E-state index in [0.29, 0.717) is 6.42 Å². The van der Waals surface area contributed by atoms with E-state index in [9.17, 15) is 0 Å². The number of hydrogen-bond donors (Lipinski definition) is 2. The molecule has 3 nitrogen and oxygen atoms in total. The zero-order valence-corrected chi connectivity index (χ0v) is 11.3. The summed E-state index contributed by atoms with van der Waals surface area (Å²) in [6.07, 6.45) is 0.669. The Balaban J connectivity index is 0.00000180. The van der Waals surface area contributed by atoms with Gasteiger partial charge in [-0.15, -0.1) is 12.4 Å². The van der Waals surface area contributed by atoms with Gasteiger partial charge in [0.05, 0.1) is 6.61 Å². The maximum atomic E-state index is 8.90. The Bertz CT molecular complexity index is 473. The SMILES string of the molecule is Cl.NC(CO)Cc1ccc(Oc2ccccc2)cc1. The third kappa shape index (κ3) is 4.91. The van der Waals surface area contributed by atoms with Crippen molar-refractivity contribution in [3.63, 3.8) is 0 Å². The number of halogens is 1. The van der Waals surface area contributed by atoms with E-state index in [1.165, 1.54) is 0 Å². The van der Waals surface area contributed by atoms with Crippen molar-refractivity contribution in [2.45, 2.75) is 12.5 Å². The summed E-state index contributed by atoms with van der Waals surface area (Å²) in [4.78, 5) is 0. The molecule has 1 unspecified atom stereocenters. The lowest BCUT2D eigenvalue weighted by Crippen LogP contribution is -2.26. The predicted molar refractivity (Wildman–Crippen MR) is 79.0 cm³/mol. The lowest BCUT2D eigenvalue weighted by molar-refractivity contribution is 0.265. The van der Waals surface area contributed by atoms with E-state index in [1.54, 1.807) is 0 Å². The van der Waals surface area contributed by atoms with Gasteiger partial charge >= 0.3 is 0 Å². The quantitative estimate of drug-likeness (QED) is 0.885. The van der Waals surface area contributed by atoms with Crippen molar-refractivity contribution in [2.75, 3.05) is 6.61 Å². The van der Waals surface area contributed by atoms with E-state index in [-0.39, 0.29) is 25.1 Å². The summed E-state index contributed by atoms with van der Waals surface area (Å²) >= 11 is 0. The molecule has 0 saturated heterocycles. The van der Waals surface area contributed by atoms with Gasteiger partial charge < -0.3 is 15.6 Å². The van der Waals surface area contributed by atoms with E-state index < -0.39 is 0 Å². The van der Waals surface area contributed by atoms with Crippen molar-refractivity contribution in [1.29, 1.82) is 0 Å². The first kappa shape index (κ1) is 15.5. The molecule has 0 spiro atoms. The fraction of sp³-hybridized carbons (Fsp3) is 0.200. The molecule has 0 aromatic heterocycles. The molecule has 2 aromatic carbocycles. The normalized spacial score (nSPS) is 11.5. The van der Waals surface area contributed by atoms with Crippen molar-refractivity contribution < 1.29 is 9.84 Å². The Labute approximate surface area is 119 Å². The Hall–Kier alpha value is -1.55. The molecule has 2 aromatic rings. The highest BCUT2D eigenvalue weighted by Gasteiger charge is 2.03. The third-order valence-corrected chi connectivity index (χ3v) is 2.63. The summed E-state index contributed by atoms with van der Waals surface area (Å²) in [7, 11) is 0. The summed E-state index contributed by atoms with van der Waals surface area (Å²) in [6.45, 7) is 0.00225. The number of ether oxygens (including phenoxy) is 1. The molecule has 0 amide bonds. The van der Waals surface area contributed by atoms with Gasteiger partial charge in [-0.25, -0.2) is 0 Å². The average Bonchev–Trinajstić information content (AvgIpc) is 2.42. The van der Waals surface area contributed by atoms with Crippen LogP contribution in [0.4, 0.5) is 0 Å². The number of aliphatic hydroxyl groups excluding tert-OH is 1. The van der Waals surface area contributed by atoms with Crippen LogP contribution >= 0.6 is 12.4 Å². The minimum absolute atomic E-state index is 0. The van der Waals surface area contributed by atoms with Gasteiger partial charge in [-0.3, -0.25) is 0 Å². The van der Waals surface area contributed by atoms with Crippen LogP contribution in [0.2, 0.25) is 0 Å². The molecule has 0 radical (unpaired) electrons.